The van der Waals surface area contributed by atoms with Crippen LogP contribution >= 0.6 is 0 Å². The molecule has 2 aromatic heterocycles. The Morgan fingerprint density at radius 2 is 2.00 bits per heavy atom. The van der Waals surface area contributed by atoms with Gasteiger partial charge in [-0.3, -0.25) is 0 Å². The number of H-pyrrole nitrogens is 1. The number of fused-ring (bicyclic) bond motifs is 1. The molecule has 22 heavy (non-hydrogen) atoms. The van der Waals surface area contributed by atoms with Crippen LogP contribution in [0.4, 0.5) is 0 Å². The molecule has 0 fully saturated rings. The predicted molar refractivity (Wildman–Crippen MR) is 87.2 cm³/mol. The molecule has 6 heteroatoms. The number of nitrogens with one attached hydrogen (secondary N) is 2. The van der Waals surface area contributed by atoms with Crippen molar-refractivity contribution < 1.29 is 8.42 Å². The lowest BCUT2D eigenvalue weighted by atomic mass is 10.1. The number of sulfonamides is 1. The molecule has 114 valence electrons. The third kappa shape index (κ3) is 2.63. The smallest absolute Gasteiger partial charge is 0.240 e. The molecule has 2 N–H and O–H groups in total. The number of aromatic amines is 1. The Bertz CT molecular complexity index is 929. The summed E-state index contributed by atoms with van der Waals surface area (Å²) >= 11 is 0. The molecule has 0 aliphatic carbocycles. The van der Waals surface area contributed by atoms with E-state index < -0.39 is 10.0 Å². The van der Waals surface area contributed by atoms with E-state index >= 15 is 0 Å². The third-order valence-electron chi connectivity index (χ3n) is 3.65. The Balaban J connectivity index is 2.09. The zero-order valence-corrected chi connectivity index (χ0v) is 13.2. The highest BCUT2D eigenvalue weighted by molar-refractivity contribution is 7.89. The monoisotopic (exact) mass is 315 g/mol. The lowest BCUT2D eigenvalue weighted by Crippen LogP contribution is -2.18. The van der Waals surface area contributed by atoms with Gasteiger partial charge in [0.15, 0.2) is 0 Å². The molecule has 1 aromatic carbocycles. The van der Waals surface area contributed by atoms with E-state index in [4.69, 9.17) is 0 Å². The molecular weight excluding hydrogens is 298 g/mol. The van der Waals surface area contributed by atoms with Gasteiger partial charge in [0.05, 0.1) is 4.90 Å². The van der Waals surface area contributed by atoms with Crippen LogP contribution in [0.3, 0.4) is 0 Å². The van der Waals surface area contributed by atoms with E-state index in [2.05, 4.69) is 27.7 Å². The number of pyridine rings is 1. The zero-order chi connectivity index (χ0) is 15.7. The van der Waals surface area contributed by atoms with Crippen LogP contribution in [0, 0.1) is 0 Å². The lowest BCUT2D eigenvalue weighted by Gasteiger charge is -2.06. The Morgan fingerprint density at radius 3 is 2.73 bits per heavy atom. The number of aryl methyl sites for hydroxylation is 1. The van der Waals surface area contributed by atoms with E-state index in [-0.39, 0.29) is 4.90 Å². The quantitative estimate of drug-likeness (QED) is 0.777. The molecule has 5 nitrogen and oxygen atoms in total. The van der Waals surface area contributed by atoms with Gasteiger partial charge in [-0.05, 0) is 43.3 Å². The zero-order valence-electron chi connectivity index (χ0n) is 12.4. The van der Waals surface area contributed by atoms with Gasteiger partial charge in [-0.15, -0.1) is 0 Å². The normalized spacial score (nSPS) is 11.9. The number of nitrogens with zero attached hydrogens (tertiary/aromatic N) is 1. The van der Waals surface area contributed by atoms with E-state index in [1.807, 2.05) is 12.1 Å². The Kier molecular flexibility index (Phi) is 3.72. The van der Waals surface area contributed by atoms with Crippen molar-refractivity contribution in [2.24, 2.45) is 0 Å². The number of benzene rings is 1. The minimum absolute atomic E-state index is 0.246. The van der Waals surface area contributed by atoms with E-state index in [1.165, 1.54) is 7.05 Å². The van der Waals surface area contributed by atoms with Crippen molar-refractivity contribution in [1.82, 2.24) is 14.7 Å². The summed E-state index contributed by atoms with van der Waals surface area (Å²) < 4.78 is 26.1. The predicted octanol–water partition coefficient (Wildman–Crippen LogP) is 2.70. The van der Waals surface area contributed by atoms with Crippen molar-refractivity contribution in [2.75, 3.05) is 7.05 Å². The van der Waals surface area contributed by atoms with Gasteiger partial charge in [0, 0.05) is 22.8 Å². The van der Waals surface area contributed by atoms with E-state index in [9.17, 15) is 8.42 Å². The van der Waals surface area contributed by atoms with Gasteiger partial charge in [-0.25, -0.2) is 18.1 Å². The molecule has 0 amide bonds. The van der Waals surface area contributed by atoms with Crippen molar-refractivity contribution in [3.63, 3.8) is 0 Å². The maximum absolute atomic E-state index is 11.9. The highest BCUT2D eigenvalue weighted by atomic mass is 32.2. The van der Waals surface area contributed by atoms with Gasteiger partial charge in [0.1, 0.15) is 5.65 Å². The summed E-state index contributed by atoms with van der Waals surface area (Å²) in [6.45, 7) is 2.08. The molecule has 0 atom stereocenters. The summed E-state index contributed by atoms with van der Waals surface area (Å²) in [4.78, 5) is 7.92. The summed E-state index contributed by atoms with van der Waals surface area (Å²) in [5.74, 6) is 0. The molecule has 2 heterocycles. The molecule has 0 unspecified atom stereocenters. The van der Waals surface area contributed by atoms with Gasteiger partial charge < -0.3 is 4.98 Å². The minimum atomic E-state index is -3.45. The standard InChI is InChI=1S/C16H17N3O2S/c1-3-14-8-12-7-13(10-18-16(12)19-14)11-5-4-6-15(9-11)22(20,21)17-2/h4-10,17H,3H2,1-2H3,(H,18,19). The molecule has 0 saturated carbocycles. The fourth-order valence-electron chi connectivity index (χ4n) is 2.38. The SMILES string of the molecule is CCc1cc2cc(-c3cccc(S(=O)(=O)NC)c3)cnc2[nH]1. The molecule has 0 radical (unpaired) electrons. The molecule has 3 aromatic rings. The minimum Gasteiger partial charge on any atom is -0.343 e. The highest BCUT2D eigenvalue weighted by Crippen LogP contribution is 2.25. The second kappa shape index (κ2) is 5.55. The molecule has 0 bridgehead atoms. The van der Waals surface area contributed by atoms with Gasteiger partial charge in [-0.1, -0.05) is 19.1 Å². The summed E-state index contributed by atoms with van der Waals surface area (Å²) in [7, 11) is -2.04. The van der Waals surface area contributed by atoms with E-state index in [0.29, 0.717) is 0 Å². The van der Waals surface area contributed by atoms with Crippen LogP contribution < -0.4 is 4.72 Å². The first kappa shape index (κ1) is 14.7. The first-order valence-corrected chi connectivity index (χ1v) is 8.53. The fraction of sp³-hybridized carbons (Fsp3) is 0.188. The van der Waals surface area contributed by atoms with E-state index in [1.54, 1.807) is 24.4 Å². The number of rotatable bonds is 4. The van der Waals surface area contributed by atoms with Crippen LogP contribution in [0.1, 0.15) is 12.6 Å². The van der Waals surface area contributed by atoms with Crippen molar-refractivity contribution in [3.05, 3.63) is 48.3 Å². The molecule has 0 aliphatic heterocycles. The Morgan fingerprint density at radius 1 is 1.18 bits per heavy atom. The van der Waals surface area contributed by atoms with Gasteiger partial charge in [-0.2, -0.15) is 0 Å². The van der Waals surface area contributed by atoms with Crippen molar-refractivity contribution in [1.29, 1.82) is 0 Å². The maximum Gasteiger partial charge on any atom is 0.240 e. The van der Waals surface area contributed by atoms with Crippen molar-refractivity contribution >= 4 is 21.1 Å². The second-order valence-corrected chi connectivity index (χ2v) is 6.93. The lowest BCUT2D eigenvalue weighted by molar-refractivity contribution is 0.588. The Hall–Kier alpha value is -2.18. The number of hydrogen-bond acceptors (Lipinski definition) is 3. The van der Waals surface area contributed by atoms with Gasteiger partial charge >= 0.3 is 0 Å². The molecule has 0 spiro atoms. The first-order valence-electron chi connectivity index (χ1n) is 7.05. The number of aromatic nitrogens is 2. The summed E-state index contributed by atoms with van der Waals surface area (Å²) in [6, 6.07) is 10.9. The van der Waals surface area contributed by atoms with Crippen LogP contribution in [0.2, 0.25) is 0 Å². The summed E-state index contributed by atoms with van der Waals surface area (Å²) in [5, 5.41) is 1.02. The maximum atomic E-state index is 11.9. The summed E-state index contributed by atoms with van der Waals surface area (Å²) in [6.07, 6.45) is 2.67. The average molecular weight is 315 g/mol. The molecule has 3 rings (SSSR count). The van der Waals surface area contributed by atoms with Crippen LogP contribution in [0.25, 0.3) is 22.2 Å². The molecule has 0 aliphatic rings. The molecular formula is C16H17N3O2S. The van der Waals surface area contributed by atoms with Gasteiger partial charge in [0.2, 0.25) is 10.0 Å². The second-order valence-electron chi connectivity index (χ2n) is 5.05. The Labute approximate surface area is 129 Å². The van der Waals surface area contributed by atoms with Crippen LogP contribution in [-0.2, 0) is 16.4 Å². The largest absolute Gasteiger partial charge is 0.343 e. The molecule has 0 saturated heterocycles. The van der Waals surface area contributed by atoms with Crippen LogP contribution in [0.5, 0.6) is 0 Å². The van der Waals surface area contributed by atoms with Gasteiger partial charge in [0.25, 0.3) is 0 Å². The highest BCUT2D eigenvalue weighted by Gasteiger charge is 2.12. The number of hydrogen-bond donors (Lipinski definition) is 2. The summed E-state index contributed by atoms with van der Waals surface area (Å²) in [5.41, 5.74) is 3.69. The third-order valence-corrected chi connectivity index (χ3v) is 5.07. The van der Waals surface area contributed by atoms with Crippen LogP contribution in [0.15, 0.2) is 47.5 Å². The van der Waals surface area contributed by atoms with Crippen molar-refractivity contribution in [3.8, 4) is 11.1 Å². The fourth-order valence-corrected chi connectivity index (χ4v) is 3.16. The average Bonchev–Trinajstić information content (AvgIpc) is 2.97. The van der Waals surface area contributed by atoms with Crippen LogP contribution in [-0.4, -0.2) is 25.4 Å². The van der Waals surface area contributed by atoms with E-state index in [0.717, 1.165) is 34.3 Å². The van der Waals surface area contributed by atoms with Crippen molar-refractivity contribution in [2.45, 2.75) is 18.2 Å². The topological polar surface area (TPSA) is 74.8 Å². The first-order chi connectivity index (χ1) is 10.5.